The first-order chi connectivity index (χ1) is 8.36. The molecule has 0 bridgehead atoms. The number of hydrogen-bond donors (Lipinski definition) is 0. The summed E-state index contributed by atoms with van der Waals surface area (Å²) in [5.41, 5.74) is 0. The zero-order valence-corrected chi connectivity index (χ0v) is 9.76. The van der Waals surface area contributed by atoms with E-state index in [1.165, 1.54) is 6.42 Å². The summed E-state index contributed by atoms with van der Waals surface area (Å²) >= 11 is 0. The Morgan fingerprint density at radius 2 is 2.18 bits per heavy atom. The molecule has 1 saturated carbocycles. The molecule has 3 nitrogen and oxygen atoms in total. The maximum atomic E-state index is 13.9. The lowest BCUT2D eigenvalue weighted by atomic mass is 9.90. The Bertz CT molecular complexity index is 369. The topological polar surface area (TPSA) is 25.4 Å². The fourth-order valence-electron chi connectivity index (χ4n) is 2.57. The first-order valence-corrected chi connectivity index (χ1v) is 6.27. The minimum atomic E-state index is -0.891. The highest BCUT2D eigenvalue weighted by molar-refractivity contribution is 5.42. The highest BCUT2D eigenvalue weighted by atomic mass is 19.1. The highest BCUT2D eigenvalue weighted by Gasteiger charge is 2.39. The molecular formula is C13H17FN2O. The van der Waals surface area contributed by atoms with Gasteiger partial charge in [0, 0.05) is 12.2 Å². The predicted octanol–water partition coefficient (Wildman–Crippen LogP) is 2.18. The molecule has 1 saturated heterocycles. The van der Waals surface area contributed by atoms with E-state index in [4.69, 9.17) is 4.74 Å². The van der Waals surface area contributed by atoms with Crippen LogP contribution in [-0.4, -0.2) is 36.5 Å². The molecule has 0 amide bonds. The standard InChI is InChI=1S/C13H17FN2O/c14-11-8-17-9-12(11)16(10-4-3-5-10)13-6-1-2-7-15-13/h1-2,6-7,10-12H,3-5,8-9H2. The van der Waals surface area contributed by atoms with E-state index in [2.05, 4.69) is 9.88 Å². The van der Waals surface area contributed by atoms with Gasteiger partial charge in [-0.3, -0.25) is 0 Å². The third kappa shape index (κ3) is 2.02. The van der Waals surface area contributed by atoms with Gasteiger partial charge in [0.2, 0.25) is 0 Å². The molecule has 3 rings (SSSR count). The van der Waals surface area contributed by atoms with Gasteiger partial charge in [0.1, 0.15) is 12.0 Å². The molecule has 0 N–H and O–H groups in total. The Hall–Kier alpha value is -1.16. The van der Waals surface area contributed by atoms with E-state index in [9.17, 15) is 4.39 Å². The Labute approximate surface area is 101 Å². The molecule has 0 spiro atoms. The maximum absolute atomic E-state index is 13.9. The molecule has 4 heteroatoms. The molecule has 0 aromatic carbocycles. The summed E-state index contributed by atoms with van der Waals surface area (Å²) in [6.07, 6.45) is 4.39. The predicted molar refractivity (Wildman–Crippen MR) is 63.9 cm³/mol. The second-order valence-corrected chi connectivity index (χ2v) is 4.80. The summed E-state index contributed by atoms with van der Waals surface area (Å²) in [6, 6.07) is 6.09. The zero-order valence-electron chi connectivity index (χ0n) is 9.76. The van der Waals surface area contributed by atoms with Crippen LogP contribution in [0.25, 0.3) is 0 Å². The average molecular weight is 236 g/mol. The second kappa shape index (κ2) is 4.61. The van der Waals surface area contributed by atoms with Gasteiger partial charge in [-0.15, -0.1) is 0 Å². The summed E-state index contributed by atoms with van der Waals surface area (Å²) in [6.45, 7) is 0.703. The lowest BCUT2D eigenvalue weighted by molar-refractivity contribution is 0.172. The molecule has 2 unspecified atom stereocenters. The number of halogens is 1. The maximum Gasteiger partial charge on any atom is 0.146 e. The van der Waals surface area contributed by atoms with E-state index in [0.29, 0.717) is 12.6 Å². The van der Waals surface area contributed by atoms with Gasteiger partial charge in [0.05, 0.1) is 19.3 Å². The van der Waals surface area contributed by atoms with Crippen molar-refractivity contribution in [2.45, 2.75) is 37.5 Å². The van der Waals surface area contributed by atoms with Crippen molar-refractivity contribution in [3.63, 3.8) is 0 Å². The Balaban J connectivity index is 1.86. The van der Waals surface area contributed by atoms with Crippen LogP contribution in [0.1, 0.15) is 19.3 Å². The smallest absolute Gasteiger partial charge is 0.146 e. The molecule has 1 aromatic rings. The summed E-state index contributed by atoms with van der Waals surface area (Å²) in [5, 5.41) is 0. The number of pyridine rings is 1. The van der Waals surface area contributed by atoms with Gasteiger partial charge in [-0.2, -0.15) is 0 Å². The molecular weight excluding hydrogens is 219 g/mol. The van der Waals surface area contributed by atoms with Crippen LogP contribution in [0, 0.1) is 0 Å². The first kappa shape index (κ1) is 11.0. The van der Waals surface area contributed by atoms with Crippen LogP contribution in [-0.2, 0) is 4.74 Å². The van der Waals surface area contributed by atoms with Gasteiger partial charge in [0.25, 0.3) is 0 Å². The molecule has 2 heterocycles. The van der Waals surface area contributed by atoms with Gasteiger partial charge < -0.3 is 9.64 Å². The van der Waals surface area contributed by atoms with Crippen molar-refractivity contribution in [3.8, 4) is 0 Å². The lowest BCUT2D eigenvalue weighted by Gasteiger charge is -2.42. The quantitative estimate of drug-likeness (QED) is 0.804. The Morgan fingerprint density at radius 1 is 1.29 bits per heavy atom. The summed E-state index contributed by atoms with van der Waals surface area (Å²) in [7, 11) is 0. The van der Waals surface area contributed by atoms with E-state index in [0.717, 1.165) is 18.7 Å². The summed E-state index contributed by atoms with van der Waals surface area (Å²) in [4.78, 5) is 6.50. The molecule has 0 radical (unpaired) electrons. The third-order valence-electron chi connectivity index (χ3n) is 3.72. The molecule has 17 heavy (non-hydrogen) atoms. The number of nitrogens with zero attached hydrogens (tertiary/aromatic N) is 2. The Kier molecular flexibility index (Phi) is 2.97. The van der Waals surface area contributed by atoms with Crippen molar-refractivity contribution in [1.82, 2.24) is 4.98 Å². The first-order valence-electron chi connectivity index (χ1n) is 6.27. The van der Waals surface area contributed by atoms with Gasteiger partial charge in [-0.25, -0.2) is 9.37 Å². The summed E-state index contributed by atoms with van der Waals surface area (Å²) in [5.74, 6) is 0.885. The van der Waals surface area contributed by atoms with Crippen LogP contribution in [0.2, 0.25) is 0 Å². The van der Waals surface area contributed by atoms with Crippen molar-refractivity contribution < 1.29 is 9.13 Å². The third-order valence-corrected chi connectivity index (χ3v) is 3.72. The van der Waals surface area contributed by atoms with E-state index in [-0.39, 0.29) is 12.6 Å². The molecule has 92 valence electrons. The van der Waals surface area contributed by atoms with E-state index >= 15 is 0 Å². The van der Waals surface area contributed by atoms with Crippen LogP contribution in [0.3, 0.4) is 0 Å². The number of hydrogen-bond acceptors (Lipinski definition) is 3. The van der Waals surface area contributed by atoms with Crippen molar-refractivity contribution in [2.75, 3.05) is 18.1 Å². The minimum absolute atomic E-state index is 0.157. The number of aromatic nitrogens is 1. The monoisotopic (exact) mass is 236 g/mol. The van der Waals surface area contributed by atoms with Gasteiger partial charge in [0.15, 0.2) is 0 Å². The van der Waals surface area contributed by atoms with Crippen LogP contribution >= 0.6 is 0 Å². The van der Waals surface area contributed by atoms with Crippen molar-refractivity contribution in [2.24, 2.45) is 0 Å². The fourth-order valence-corrected chi connectivity index (χ4v) is 2.57. The number of anilines is 1. The van der Waals surface area contributed by atoms with Crippen LogP contribution in [0.5, 0.6) is 0 Å². The molecule has 2 fully saturated rings. The van der Waals surface area contributed by atoms with E-state index < -0.39 is 6.17 Å². The number of alkyl halides is 1. The summed E-state index contributed by atoms with van der Waals surface area (Å²) < 4.78 is 19.1. The van der Waals surface area contributed by atoms with Gasteiger partial charge in [-0.05, 0) is 31.4 Å². The molecule has 1 aromatic heterocycles. The van der Waals surface area contributed by atoms with Crippen molar-refractivity contribution >= 4 is 5.82 Å². The zero-order chi connectivity index (χ0) is 11.7. The normalized spacial score (nSPS) is 29.0. The van der Waals surface area contributed by atoms with Crippen molar-refractivity contribution in [3.05, 3.63) is 24.4 Å². The van der Waals surface area contributed by atoms with Crippen molar-refractivity contribution in [1.29, 1.82) is 0 Å². The van der Waals surface area contributed by atoms with E-state index in [1.807, 2.05) is 18.2 Å². The lowest BCUT2D eigenvalue weighted by Crippen LogP contribution is -2.51. The number of ether oxygens (including phenoxy) is 1. The van der Waals surface area contributed by atoms with E-state index in [1.54, 1.807) is 6.20 Å². The van der Waals surface area contributed by atoms with Crippen LogP contribution in [0.15, 0.2) is 24.4 Å². The van der Waals surface area contributed by atoms with Gasteiger partial charge in [-0.1, -0.05) is 6.07 Å². The number of rotatable bonds is 3. The second-order valence-electron chi connectivity index (χ2n) is 4.80. The van der Waals surface area contributed by atoms with Gasteiger partial charge >= 0.3 is 0 Å². The SMILES string of the molecule is FC1COCC1N(c1ccccn1)C1CCC1. The van der Waals surface area contributed by atoms with Crippen LogP contribution < -0.4 is 4.90 Å². The highest BCUT2D eigenvalue weighted by Crippen LogP contribution is 2.33. The molecule has 1 aliphatic carbocycles. The largest absolute Gasteiger partial charge is 0.376 e. The minimum Gasteiger partial charge on any atom is -0.376 e. The molecule has 2 atom stereocenters. The molecule has 2 aliphatic rings. The average Bonchev–Trinajstić information content (AvgIpc) is 2.71. The Morgan fingerprint density at radius 3 is 2.71 bits per heavy atom. The fraction of sp³-hybridized carbons (Fsp3) is 0.615. The molecule has 1 aliphatic heterocycles. The van der Waals surface area contributed by atoms with Crippen LogP contribution in [0.4, 0.5) is 10.2 Å².